The molecule has 1 aromatic rings. The number of carbonyl (C=O) groups is 1. The summed E-state index contributed by atoms with van der Waals surface area (Å²) in [4.78, 5) is 10.7. The van der Waals surface area contributed by atoms with E-state index in [0.717, 1.165) is 0 Å². The van der Waals surface area contributed by atoms with Crippen molar-refractivity contribution in [2.45, 2.75) is 12.8 Å². The van der Waals surface area contributed by atoms with E-state index < -0.39 is 11.9 Å². The lowest BCUT2D eigenvalue weighted by Gasteiger charge is -2.08. The Morgan fingerprint density at radius 2 is 2.27 bits per heavy atom. The molecular weight excluding hydrogens is 194 g/mol. The summed E-state index contributed by atoms with van der Waals surface area (Å²) in [6.45, 7) is 1.57. The Labute approximate surface area is 87.7 Å². The molecule has 0 radical (unpaired) electrons. The number of nitrogens with zero attached hydrogens (tertiary/aromatic N) is 1. The van der Waals surface area contributed by atoms with Gasteiger partial charge in [-0.3, -0.25) is 4.79 Å². The van der Waals surface area contributed by atoms with Crippen molar-refractivity contribution in [3.63, 3.8) is 0 Å². The van der Waals surface area contributed by atoms with E-state index in [1.807, 2.05) is 6.07 Å². The maximum absolute atomic E-state index is 10.7. The molecule has 1 rings (SSSR count). The molecule has 4 heteroatoms. The first-order valence-electron chi connectivity index (χ1n) is 4.41. The maximum Gasteiger partial charge on any atom is 0.310 e. The van der Waals surface area contributed by atoms with E-state index in [2.05, 4.69) is 0 Å². The predicted octanol–water partition coefficient (Wildman–Crippen LogP) is 1.75. The molecule has 1 atom stereocenters. The van der Waals surface area contributed by atoms with Crippen molar-refractivity contribution >= 4 is 5.97 Å². The van der Waals surface area contributed by atoms with Crippen LogP contribution in [0, 0.1) is 11.3 Å². The van der Waals surface area contributed by atoms with Gasteiger partial charge in [0.2, 0.25) is 0 Å². The fourth-order valence-corrected chi connectivity index (χ4v) is 1.22. The summed E-state index contributed by atoms with van der Waals surface area (Å²) < 4.78 is 4.96. The van der Waals surface area contributed by atoms with Crippen LogP contribution in [-0.4, -0.2) is 18.2 Å². The van der Waals surface area contributed by atoms with Gasteiger partial charge in [-0.15, -0.1) is 0 Å². The van der Waals surface area contributed by atoms with Crippen LogP contribution in [-0.2, 0) is 4.79 Å². The molecule has 0 aliphatic heterocycles. The Bertz CT molecular complexity index is 420. The molecule has 0 aliphatic carbocycles. The molecule has 78 valence electrons. The summed E-state index contributed by atoms with van der Waals surface area (Å²) in [5, 5.41) is 17.6. The van der Waals surface area contributed by atoms with E-state index in [1.54, 1.807) is 19.1 Å². The van der Waals surface area contributed by atoms with Crippen LogP contribution < -0.4 is 4.74 Å². The second-order valence-electron chi connectivity index (χ2n) is 3.13. The van der Waals surface area contributed by atoms with Gasteiger partial charge in [-0.1, -0.05) is 6.07 Å². The fourth-order valence-electron chi connectivity index (χ4n) is 1.22. The Morgan fingerprint density at radius 3 is 2.73 bits per heavy atom. The molecule has 0 amide bonds. The SMILES string of the molecule is COc1ccc(C(C)C(=O)O)cc1C#N. The normalized spacial score (nSPS) is 11.5. The van der Waals surface area contributed by atoms with Gasteiger partial charge >= 0.3 is 5.97 Å². The quantitative estimate of drug-likeness (QED) is 0.816. The third-order valence-corrected chi connectivity index (χ3v) is 2.21. The lowest BCUT2D eigenvalue weighted by molar-refractivity contribution is -0.138. The van der Waals surface area contributed by atoms with Gasteiger partial charge in [0, 0.05) is 0 Å². The van der Waals surface area contributed by atoms with Gasteiger partial charge in [0.15, 0.2) is 0 Å². The number of benzene rings is 1. The Balaban J connectivity index is 3.15. The molecule has 15 heavy (non-hydrogen) atoms. The molecule has 4 nitrogen and oxygen atoms in total. The smallest absolute Gasteiger partial charge is 0.310 e. The minimum absolute atomic E-state index is 0.350. The van der Waals surface area contributed by atoms with Crippen LogP contribution in [0.1, 0.15) is 24.0 Å². The minimum atomic E-state index is -0.913. The van der Waals surface area contributed by atoms with E-state index in [1.165, 1.54) is 13.2 Å². The first-order valence-corrected chi connectivity index (χ1v) is 4.41. The largest absolute Gasteiger partial charge is 0.495 e. The van der Waals surface area contributed by atoms with Crippen molar-refractivity contribution in [3.8, 4) is 11.8 Å². The Kier molecular flexibility index (Phi) is 3.29. The van der Waals surface area contributed by atoms with Crippen LogP contribution in [0.4, 0.5) is 0 Å². The van der Waals surface area contributed by atoms with E-state index in [9.17, 15) is 4.79 Å². The van der Waals surface area contributed by atoms with Gasteiger partial charge in [0.05, 0.1) is 18.6 Å². The highest BCUT2D eigenvalue weighted by atomic mass is 16.5. The predicted molar refractivity (Wildman–Crippen MR) is 53.8 cm³/mol. The lowest BCUT2D eigenvalue weighted by Crippen LogP contribution is -2.07. The lowest BCUT2D eigenvalue weighted by atomic mass is 9.99. The number of rotatable bonds is 3. The van der Waals surface area contributed by atoms with Crippen LogP contribution in [0.15, 0.2) is 18.2 Å². The van der Waals surface area contributed by atoms with Crippen LogP contribution in [0.3, 0.4) is 0 Å². The molecule has 1 N–H and O–H groups in total. The summed E-state index contributed by atoms with van der Waals surface area (Å²) in [7, 11) is 1.47. The molecule has 1 unspecified atom stereocenters. The van der Waals surface area contributed by atoms with Crippen molar-refractivity contribution in [2.75, 3.05) is 7.11 Å². The summed E-state index contributed by atoms with van der Waals surface area (Å²) in [6, 6.07) is 6.76. The number of hydrogen-bond acceptors (Lipinski definition) is 3. The van der Waals surface area contributed by atoms with Gasteiger partial charge in [-0.2, -0.15) is 5.26 Å². The topological polar surface area (TPSA) is 70.3 Å². The monoisotopic (exact) mass is 205 g/mol. The highest BCUT2D eigenvalue weighted by Crippen LogP contribution is 2.23. The Hall–Kier alpha value is -2.02. The molecule has 0 saturated heterocycles. The Morgan fingerprint density at radius 1 is 1.60 bits per heavy atom. The van der Waals surface area contributed by atoms with Gasteiger partial charge in [0.25, 0.3) is 0 Å². The number of methoxy groups -OCH3 is 1. The second kappa shape index (κ2) is 4.47. The van der Waals surface area contributed by atoms with Crippen molar-refractivity contribution < 1.29 is 14.6 Å². The maximum atomic E-state index is 10.7. The molecule has 0 aromatic heterocycles. The molecule has 1 aromatic carbocycles. The number of carboxylic acids is 1. The van der Waals surface area contributed by atoms with E-state index in [4.69, 9.17) is 15.1 Å². The molecule has 0 aliphatic rings. The minimum Gasteiger partial charge on any atom is -0.495 e. The number of nitriles is 1. The third kappa shape index (κ3) is 2.26. The van der Waals surface area contributed by atoms with Crippen molar-refractivity contribution in [1.82, 2.24) is 0 Å². The van der Waals surface area contributed by atoms with E-state index >= 15 is 0 Å². The second-order valence-corrected chi connectivity index (χ2v) is 3.13. The van der Waals surface area contributed by atoms with Crippen LogP contribution in [0.2, 0.25) is 0 Å². The van der Waals surface area contributed by atoms with Gasteiger partial charge in [-0.25, -0.2) is 0 Å². The van der Waals surface area contributed by atoms with E-state index in [0.29, 0.717) is 16.9 Å². The highest BCUT2D eigenvalue weighted by Gasteiger charge is 2.15. The van der Waals surface area contributed by atoms with Gasteiger partial charge in [0.1, 0.15) is 11.8 Å². The standard InChI is InChI=1S/C11H11NO3/c1-7(11(13)14)8-3-4-10(15-2)9(5-8)6-12/h3-5,7H,1-2H3,(H,13,14). The summed E-state index contributed by atoms with van der Waals surface area (Å²) in [5.74, 6) is -1.08. The van der Waals surface area contributed by atoms with Crippen molar-refractivity contribution in [1.29, 1.82) is 5.26 Å². The molecule has 0 bridgehead atoms. The molecule has 0 saturated carbocycles. The highest BCUT2D eigenvalue weighted by molar-refractivity contribution is 5.75. The summed E-state index contributed by atoms with van der Waals surface area (Å²) >= 11 is 0. The van der Waals surface area contributed by atoms with Gasteiger partial charge in [-0.05, 0) is 24.6 Å². The summed E-state index contributed by atoms with van der Waals surface area (Å²) in [6.07, 6.45) is 0. The first kappa shape index (κ1) is 11.1. The molecule has 0 fully saturated rings. The van der Waals surface area contributed by atoms with Crippen LogP contribution in [0.25, 0.3) is 0 Å². The molecular formula is C11H11NO3. The third-order valence-electron chi connectivity index (χ3n) is 2.21. The number of carboxylic acid groups (broad SMARTS) is 1. The zero-order chi connectivity index (χ0) is 11.4. The average molecular weight is 205 g/mol. The zero-order valence-electron chi connectivity index (χ0n) is 8.52. The number of ether oxygens (including phenoxy) is 1. The first-order chi connectivity index (χ1) is 7.10. The molecule has 0 heterocycles. The fraction of sp³-hybridized carbons (Fsp3) is 0.273. The van der Waals surface area contributed by atoms with Crippen molar-refractivity contribution in [2.24, 2.45) is 0 Å². The van der Waals surface area contributed by atoms with Crippen molar-refractivity contribution in [3.05, 3.63) is 29.3 Å². The van der Waals surface area contributed by atoms with Crippen LogP contribution >= 0.6 is 0 Å². The average Bonchev–Trinajstić information content (AvgIpc) is 2.26. The number of aliphatic carboxylic acids is 1. The van der Waals surface area contributed by atoms with Crippen LogP contribution in [0.5, 0.6) is 5.75 Å². The van der Waals surface area contributed by atoms with E-state index in [-0.39, 0.29) is 0 Å². The zero-order valence-corrected chi connectivity index (χ0v) is 8.52. The molecule has 0 spiro atoms. The van der Waals surface area contributed by atoms with Gasteiger partial charge < -0.3 is 9.84 Å². The summed E-state index contributed by atoms with van der Waals surface area (Å²) in [5.41, 5.74) is 0.947. The number of hydrogen-bond donors (Lipinski definition) is 1.